The molecule has 1 aromatic rings. The van der Waals surface area contributed by atoms with Crippen molar-refractivity contribution in [2.45, 2.75) is 59.5 Å². The average Bonchev–Trinajstić information content (AvgIpc) is 2.57. The second-order valence-corrected chi connectivity index (χ2v) is 5.83. The van der Waals surface area contributed by atoms with Gasteiger partial charge in [-0.05, 0) is 49.4 Å². The van der Waals surface area contributed by atoms with Crippen molar-refractivity contribution in [3.8, 4) is 0 Å². The van der Waals surface area contributed by atoms with E-state index in [2.05, 4.69) is 13.8 Å². The van der Waals surface area contributed by atoms with Crippen LogP contribution in [-0.2, 0) is 9.47 Å². The Kier molecular flexibility index (Phi) is 8.38. The van der Waals surface area contributed by atoms with E-state index in [1.807, 2.05) is 13.8 Å². The third-order valence-electron chi connectivity index (χ3n) is 3.83. The van der Waals surface area contributed by atoms with Crippen molar-refractivity contribution in [2.24, 2.45) is 5.92 Å². The van der Waals surface area contributed by atoms with Gasteiger partial charge < -0.3 is 9.47 Å². The Hall–Kier alpha value is -1.84. The molecule has 0 heterocycles. The summed E-state index contributed by atoms with van der Waals surface area (Å²) in [6.07, 6.45) is 3.62. The minimum atomic E-state index is -0.366. The van der Waals surface area contributed by atoms with Gasteiger partial charge in [-0.25, -0.2) is 9.59 Å². The molecule has 23 heavy (non-hydrogen) atoms. The molecule has 2 unspecified atom stereocenters. The lowest BCUT2D eigenvalue weighted by Crippen LogP contribution is -2.24. The molecule has 0 aliphatic rings. The van der Waals surface area contributed by atoms with Gasteiger partial charge in [0.15, 0.2) is 0 Å². The van der Waals surface area contributed by atoms with E-state index >= 15 is 0 Å². The van der Waals surface area contributed by atoms with Crippen LogP contribution in [0.25, 0.3) is 0 Å². The fourth-order valence-corrected chi connectivity index (χ4v) is 2.47. The lowest BCUT2D eigenvalue weighted by atomic mass is 9.97. The van der Waals surface area contributed by atoms with Gasteiger partial charge in [-0.3, -0.25) is 0 Å². The summed E-state index contributed by atoms with van der Waals surface area (Å²) in [7, 11) is 0. The molecule has 2 atom stereocenters. The second-order valence-electron chi connectivity index (χ2n) is 5.83. The zero-order valence-corrected chi connectivity index (χ0v) is 14.6. The quantitative estimate of drug-likeness (QED) is 0.623. The minimum Gasteiger partial charge on any atom is -0.462 e. The SMILES string of the molecule is CCCOC(=O)c1ccc(C(=O)OC(CC)C(C)CCC)cc1. The second kappa shape index (κ2) is 10.0. The third-order valence-corrected chi connectivity index (χ3v) is 3.83. The van der Waals surface area contributed by atoms with Crippen LogP contribution in [0.15, 0.2) is 24.3 Å². The van der Waals surface area contributed by atoms with E-state index in [4.69, 9.17) is 9.47 Å². The summed E-state index contributed by atoms with van der Waals surface area (Å²) in [6, 6.07) is 6.43. The Balaban J connectivity index is 2.68. The van der Waals surface area contributed by atoms with Gasteiger partial charge in [0.25, 0.3) is 0 Å². The van der Waals surface area contributed by atoms with Gasteiger partial charge in [-0.1, -0.05) is 34.1 Å². The van der Waals surface area contributed by atoms with Crippen molar-refractivity contribution < 1.29 is 19.1 Å². The molecule has 0 amide bonds. The van der Waals surface area contributed by atoms with Crippen molar-refractivity contribution in [1.82, 2.24) is 0 Å². The van der Waals surface area contributed by atoms with Crippen molar-refractivity contribution in [3.63, 3.8) is 0 Å². The van der Waals surface area contributed by atoms with E-state index < -0.39 is 0 Å². The maximum atomic E-state index is 12.2. The Morgan fingerprint density at radius 1 is 0.957 bits per heavy atom. The molecule has 1 rings (SSSR count). The summed E-state index contributed by atoms with van der Waals surface area (Å²) >= 11 is 0. The zero-order valence-electron chi connectivity index (χ0n) is 14.6. The van der Waals surface area contributed by atoms with Crippen LogP contribution in [0.4, 0.5) is 0 Å². The molecule has 0 aromatic heterocycles. The number of ether oxygens (including phenoxy) is 2. The molecule has 0 spiro atoms. The average molecular weight is 320 g/mol. The van der Waals surface area contributed by atoms with E-state index in [1.54, 1.807) is 24.3 Å². The summed E-state index contributed by atoms with van der Waals surface area (Å²) in [6.45, 7) is 8.60. The first-order valence-electron chi connectivity index (χ1n) is 8.51. The normalized spacial score (nSPS) is 13.2. The first-order valence-corrected chi connectivity index (χ1v) is 8.51. The number of hydrogen-bond donors (Lipinski definition) is 0. The standard InChI is InChI=1S/C19H28O4/c1-5-8-14(4)17(7-3)23-19(21)16-11-9-15(10-12-16)18(20)22-13-6-2/h9-12,14,17H,5-8,13H2,1-4H3. The first-order chi connectivity index (χ1) is 11.0. The van der Waals surface area contributed by atoms with E-state index in [0.717, 1.165) is 25.7 Å². The molecule has 1 aromatic carbocycles. The molecule has 4 heteroatoms. The highest BCUT2D eigenvalue weighted by Crippen LogP contribution is 2.19. The number of esters is 2. The Morgan fingerprint density at radius 2 is 1.52 bits per heavy atom. The maximum absolute atomic E-state index is 12.2. The summed E-state index contributed by atoms with van der Waals surface area (Å²) in [4.78, 5) is 24.0. The Morgan fingerprint density at radius 3 is 2.00 bits per heavy atom. The molecule has 0 saturated carbocycles. The topological polar surface area (TPSA) is 52.6 Å². The third kappa shape index (κ3) is 6.05. The predicted molar refractivity (Wildman–Crippen MR) is 90.6 cm³/mol. The monoisotopic (exact) mass is 320 g/mol. The van der Waals surface area contributed by atoms with Crippen LogP contribution in [0.2, 0.25) is 0 Å². The van der Waals surface area contributed by atoms with E-state index in [1.165, 1.54) is 0 Å². The van der Waals surface area contributed by atoms with Crippen molar-refractivity contribution in [3.05, 3.63) is 35.4 Å². The summed E-state index contributed by atoms with van der Waals surface area (Å²) in [5.41, 5.74) is 0.903. The molecule has 0 bridgehead atoms. The number of carbonyl (C=O) groups excluding carboxylic acids is 2. The van der Waals surface area contributed by atoms with Crippen molar-refractivity contribution in [2.75, 3.05) is 6.61 Å². The molecular formula is C19H28O4. The van der Waals surface area contributed by atoms with Crippen LogP contribution in [0.5, 0.6) is 0 Å². The molecule has 0 aliphatic heterocycles. The fourth-order valence-electron chi connectivity index (χ4n) is 2.47. The van der Waals surface area contributed by atoms with Crippen LogP contribution in [0.3, 0.4) is 0 Å². The molecule has 128 valence electrons. The molecule has 0 N–H and O–H groups in total. The molecular weight excluding hydrogens is 292 g/mol. The van der Waals surface area contributed by atoms with Crippen LogP contribution in [0.1, 0.15) is 74.1 Å². The van der Waals surface area contributed by atoms with Crippen molar-refractivity contribution >= 4 is 11.9 Å². The summed E-state index contributed by atoms with van der Waals surface area (Å²) < 4.78 is 10.7. The van der Waals surface area contributed by atoms with Gasteiger partial charge in [0.2, 0.25) is 0 Å². The Bertz CT molecular complexity index is 493. The van der Waals surface area contributed by atoms with Gasteiger partial charge in [0, 0.05) is 0 Å². The summed E-state index contributed by atoms with van der Waals surface area (Å²) in [5, 5.41) is 0. The van der Waals surface area contributed by atoms with Crippen LogP contribution in [0, 0.1) is 5.92 Å². The first kappa shape index (κ1) is 19.2. The van der Waals surface area contributed by atoms with Gasteiger partial charge in [-0.2, -0.15) is 0 Å². The van der Waals surface area contributed by atoms with Gasteiger partial charge in [0.1, 0.15) is 6.10 Å². The molecule has 0 fully saturated rings. The van der Waals surface area contributed by atoms with Crippen LogP contribution in [-0.4, -0.2) is 24.6 Å². The molecule has 0 aliphatic carbocycles. The van der Waals surface area contributed by atoms with E-state index in [9.17, 15) is 9.59 Å². The Labute approximate surface area is 139 Å². The number of benzene rings is 1. The van der Waals surface area contributed by atoms with Crippen LogP contribution < -0.4 is 0 Å². The van der Waals surface area contributed by atoms with Gasteiger partial charge in [0.05, 0.1) is 17.7 Å². The van der Waals surface area contributed by atoms with Gasteiger partial charge >= 0.3 is 11.9 Å². The maximum Gasteiger partial charge on any atom is 0.338 e. The van der Waals surface area contributed by atoms with Crippen molar-refractivity contribution in [1.29, 1.82) is 0 Å². The highest BCUT2D eigenvalue weighted by atomic mass is 16.5. The minimum absolute atomic E-state index is 0.0725. The van der Waals surface area contributed by atoms with Gasteiger partial charge in [-0.15, -0.1) is 0 Å². The van der Waals surface area contributed by atoms with E-state index in [0.29, 0.717) is 23.7 Å². The predicted octanol–water partition coefficient (Wildman–Crippen LogP) is 4.63. The molecule has 0 saturated heterocycles. The molecule has 4 nitrogen and oxygen atoms in total. The highest BCUT2D eigenvalue weighted by molar-refractivity contribution is 5.93. The zero-order chi connectivity index (χ0) is 17.2. The number of rotatable bonds is 9. The smallest absolute Gasteiger partial charge is 0.338 e. The number of carbonyl (C=O) groups is 2. The van der Waals surface area contributed by atoms with E-state index in [-0.39, 0.29) is 18.0 Å². The lowest BCUT2D eigenvalue weighted by molar-refractivity contribution is 0.0137. The summed E-state index contributed by atoms with van der Waals surface area (Å²) in [5.74, 6) is -0.361. The van der Waals surface area contributed by atoms with Crippen LogP contribution >= 0.6 is 0 Å². The lowest BCUT2D eigenvalue weighted by Gasteiger charge is -2.22. The largest absolute Gasteiger partial charge is 0.462 e. The fraction of sp³-hybridized carbons (Fsp3) is 0.579. The number of hydrogen-bond acceptors (Lipinski definition) is 4. The molecule has 0 radical (unpaired) electrons. The highest BCUT2D eigenvalue weighted by Gasteiger charge is 2.20.